The van der Waals surface area contributed by atoms with Crippen molar-refractivity contribution in [3.8, 4) is 0 Å². The van der Waals surface area contributed by atoms with E-state index in [-0.39, 0.29) is 30.2 Å². The minimum atomic E-state index is -0.311. The van der Waals surface area contributed by atoms with Crippen LogP contribution in [0.3, 0.4) is 0 Å². The number of aromatic nitrogens is 2. The van der Waals surface area contributed by atoms with Crippen molar-refractivity contribution in [3.63, 3.8) is 0 Å². The number of carbonyl (C=O) groups is 2. The number of likely N-dealkylation sites (tertiary alicyclic amines) is 1. The first-order valence-corrected chi connectivity index (χ1v) is 6.30. The Morgan fingerprint density at radius 1 is 1.47 bits per heavy atom. The summed E-state index contributed by atoms with van der Waals surface area (Å²) in [5.74, 6) is -0.196. The summed E-state index contributed by atoms with van der Waals surface area (Å²) in [6.07, 6.45) is 2.91. The van der Waals surface area contributed by atoms with Crippen LogP contribution in [0.15, 0.2) is 4.52 Å². The highest BCUT2D eigenvalue weighted by molar-refractivity contribution is 5.91. The van der Waals surface area contributed by atoms with E-state index < -0.39 is 0 Å². The zero-order valence-corrected chi connectivity index (χ0v) is 11.1. The maximum Gasteiger partial charge on any atom is 0.307 e. The summed E-state index contributed by atoms with van der Waals surface area (Å²) in [6.45, 7) is 2.24. The minimum Gasteiger partial charge on any atom is -0.469 e. The molecule has 1 amide bonds. The molecule has 0 aliphatic carbocycles. The highest BCUT2D eigenvalue weighted by Crippen LogP contribution is 2.21. The fourth-order valence-corrected chi connectivity index (χ4v) is 2.27. The number of ether oxygens (including phenoxy) is 1. The molecule has 0 spiro atoms. The SMILES string of the molecule is COC(=O)CC1CCCCN1C(=O)c1noc(C)n1. The molecule has 1 fully saturated rings. The van der Waals surface area contributed by atoms with Gasteiger partial charge in [0.1, 0.15) is 0 Å². The van der Waals surface area contributed by atoms with Gasteiger partial charge in [-0.25, -0.2) is 0 Å². The van der Waals surface area contributed by atoms with Crippen molar-refractivity contribution in [1.29, 1.82) is 0 Å². The van der Waals surface area contributed by atoms with Gasteiger partial charge in [0, 0.05) is 19.5 Å². The van der Waals surface area contributed by atoms with E-state index in [1.165, 1.54) is 7.11 Å². The molecule has 104 valence electrons. The lowest BCUT2D eigenvalue weighted by Gasteiger charge is -2.34. The molecule has 2 heterocycles. The van der Waals surface area contributed by atoms with E-state index in [1.54, 1.807) is 11.8 Å². The summed E-state index contributed by atoms with van der Waals surface area (Å²) in [4.78, 5) is 29.2. The molecule has 0 N–H and O–H groups in total. The van der Waals surface area contributed by atoms with E-state index in [0.29, 0.717) is 12.4 Å². The van der Waals surface area contributed by atoms with Crippen LogP contribution in [0.2, 0.25) is 0 Å². The average molecular weight is 267 g/mol. The third kappa shape index (κ3) is 3.10. The van der Waals surface area contributed by atoms with Gasteiger partial charge in [-0.1, -0.05) is 5.16 Å². The second kappa shape index (κ2) is 5.81. The molecular formula is C12H17N3O4. The number of hydrogen-bond donors (Lipinski definition) is 0. The molecule has 1 saturated heterocycles. The number of piperidine rings is 1. The van der Waals surface area contributed by atoms with Crippen LogP contribution < -0.4 is 0 Å². The number of amides is 1. The maximum absolute atomic E-state index is 12.3. The van der Waals surface area contributed by atoms with Crippen molar-refractivity contribution in [3.05, 3.63) is 11.7 Å². The van der Waals surface area contributed by atoms with Gasteiger partial charge in [0.15, 0.2) is 0 Å². The Morgan fingerprint density at radius 3 is 2.89 bits per heavy atom. The molecule has 0 saturated carbocycles. The molecule has 1 aromatic rings. The standard InChI is InChI=1S/C12H17N3O4/c1-8-13-11(14-19-8)12(17)15-6-4-3-5-9(15)7-10(16)18-2/h9H,3-7H2,1-2H3. The predicted octanol–water partition coefficient (Wildman–Crippen LogP) is 0.936. The highest BCUT2D eigenvalue weighted by atomic mass is 16.5. The van der Waals surface area contributed by atoms with Gasteiger partial charge in [0.2, 0.25) is 5.89 Å². The summed E-state index contributed by atoms with van der Waals surface area (Å²) >= 11 is 0. The Morgan fingerprint density at radius 2 is 2.26 bits per heavy atom. The van der Waals surface area contributed by atoms with Gasteiger partial charge in [-0.15, -0.1) is 0 Å². The molecule has 0 aromatic carbocycles. The lowest BCUT2D eigenvalue weighted by Crippen LogP contribution is -2.45. The van der Waals surface area contributed by atoms with E-state index >= 15 is 0 Å². The molecule has 1 aromatic heterocycles. The fraction of sp³-hybridized carbons (Fsp3) is 0.667. The molecule has 1 unspecified atom stereocenters. The van der Waals surface area contributed by atoms with Crippen LogP contribution in [0.5, 0.6) is 0 Å². The van der Waals surface area contributed by atoms with E-state index in [2.05, 4.69) is 14.9 Å². The van der Waals surface area contributed by atoms with Crippen LogP contribution in [0.25, 0.3) is 0 Å². The van der Waals surface area contributed by atoms with E-state index in [0.717, 1.165) is 19.3 Å². The minimum absolute atomic E-state index is 0.0502. The lowest BCUT2D eigenvalue weighted by molar-refractivity contribution is -0.142. The molecule has 0 bridgehead atoms. The molecule has 1 aliphatic heterocycles. The number of rotatable bonds is 3. The third-order valence-corrected chi connectivity index (χ3v) is 3.24. The average Bonchev–Trinajstić information content (AvgIpc) is 2.85. The highest BCUT2D eigenvalue weighted by Gasteiger charge is 2.31. The Balaban J connectivity index is 2.10. The third-order valence-electron chi connectivity index (χ3n) is 3.24. The quantitative estimate of drug-likeness (QED) is 0.757. The van der Waals surface area contributed by atoms with Gasteiger partial charge in [0.25, 0.3) is 11.7 Å². The van der Waals surface area contributed by atoms with Crippen LogP contribution in [0.1, 0.15) is 42.2 Å². The van der Waals surface area contributed by atoms with Gasteiger partial charge in [-0.2, -0.15) is 4.98 Å². The van der Waals surface area contributed by atoms with Gasteiger partial charge >= 0.3 is 5.97 Å². The Labute approximate surface area is 110 Å². The second-order valence-corrected chi connectivity index (χ2v) is 4.57. The van der Waals surface area contributed by atoms with E-state index in [4.69, 9.17) is 4.52 Å². The summed E-state index contributed by atoms with van der Waals surface area (Å²) in [5, 5.41) is 3.63. The number of carbonyl (C=O) groups excluding carboxylic acids is 2. The summed E-state index contributed by atoms with van der Waals surface area (Å²) in [6, 6.07) is -0.146. The molecule has 0 radical (unpaired) electrons. The number of methoxy groups -OCH3 is 1. The lowest BCUT2D eigenvalue weighted by atomic mass is 9.99. The predicted molar refractivity (Wildman–Crippen MR) is 64.3 cm³/mol. The van der Waals surface area contributed by atoms with Crippen molar-refractivity contribution in [2.24, 2.45) is 0 Å². The van der Waals surface area contributed by atoms with Gasteiger partial charge in [-0.05, 0) is 19.3 Å². The van der Waals surface area contributed by atoms with Gasteiger partial charge < -0.3 is 14.2 Å². The second-order valence-electron chi connectivity index (χ2n) is 4.57. The van der Waals surface area contributed by atoms with Crippen molar-refractivity contribution in [1.82, 2.24) is 15.0 Å². The summed E-state index contributed by atoms with van der Waals surface area (Å²) < 4.78 is 9.48. The molecule has 7 nitrogen and oxygen atoms in total. The molecule has 1 aliphatic rings. The zero-order chi connectivity index (χ0) is 13.8. The smallest absolute Gasteiger partial charge is 0.307 e. The molecule has 19 heavy (non-hydrogen) atoms. The first kappa shape index (κ1) is 13.5. The summed E-state index contributed by atoms with van der Waals surface area (Å²) in [7, 11) is 1.35. The van der Waals surface area contributed by atoms with Crippen molar-refractivity contribution >= 4 is 11.9 Å². The van der Waals surface area contributed by atoms with Crippen molar-refractivity contribution in [2.75, 3.05) is 13.7 Å². The molecule has 2 rings (SSSR count). The van der Waals surface area contributed by atoms with Gasteiger partial charge in [0.05, 0.1) is 13.5 Å². The number of nitrogens with zero attached hydrogens (tertiary/aromatic N) is 3. The number of esters is 1. The van der Waals surface area contributed by atoms with Crippen molar-refractivity contribution < 1.29 is 18.8 Å². The van der Waals surface area contributed by atoms with Gasteiger partial charge in [-0.3, -0.25) is 9.59 Å². The molecule has 1 atom stereocenters. The number of aryl methyl sites for hydroxylation is 1. The monoisotopic (exact) mass is 267 g/mol. The van der Waals surface area contributed by atoms with Crippen LogP contribution in [0, 0.1) is 6.92 Å². The Bertz CT molecular complexity index is 471. The first-order valence-electron chi connectivity index (χ1n) is 6.30. The Hall–Kier alpha value is -1.92. The molecule has 7 heteroatoms. The summed E-state index contributed by atoms with van der Waals surface area (Å²) in [5.41, 5.74) is 0. The Kier molecular flexibility index (Phi) is 4.13. The topological polar surface area (TPSA) is 85.5 Å². The number of hydrogen-bond acceptors (Lipinski definition) is 6. The maximum atomic E-state index is 12.3. The fourth-order valence-electron chi connectivity index (χ4n) is 2.27. The van der Waals surface area contributed by atoms with Crippen LogP contribution in [-0.4, -0.2) is 46.6 Å². The van der Waals surface area contributed by atoms with Crippen LogP contribution >= 0.6 is 0 Å². The zero-order valence-electron chi connectivity index (χ0n) is 11.1. The van der Waals surface area contributed by atoms with Crippen molar-refractivity contribution in [2.45, 2.75) is 38.6 Å². The normalized spacial score (nSPS) is 19.3. The first-order chi connectivity index (χ1) is 9.11. The van der Waals surface area contributed by atoms with Crippen LogP contribution in [0.4, 0.5) is 0 Å². The van der Waals surface area contributed by atoms with E-state index in [9.17, 15) is 9.59 Å². The van der Waals surface area contributed by atoms with Crippen LogP contribution in [-0.2, 0) is 9.53 Å². The largest absolute Gasteiger partial charge is 0.469 e. The molecular weight excluding hydrogens is 250 g/mol. The van der Waals surface area contributed by atoms with E-state index in [1.807, 2.05) is 0 Å².